The topological polar surface area (TPSA) is 62.7 Å². The molecule has 2 amide bonds. The standard InChI is InChI=1S/C29H34FN3O3S/c1-6-32(7-2)27(34)24-18-37-25(31-24)17-36-22-12-11-19-13-14-33(28(35)29(3,4)5)26(23(19)16-22)20-9-8-10-21(30)15-20/h8-12,15-16,18,26H,6-7,13-14,17H2,1-5H3. The number of nitrogens with zero attached hydrogens (tertiary/aromatic N) is 3. The fourth-order valence-corrected chi connectivity index (χ4v) is 5.34. The Bertz CT molecular complexity index is 1280. The van der Waals surface area contributed by atoms with E-state index in [0.29, 0.717) is 42.5 Å². The minimum absolute atomic E-state index is 0.0203. The van der Waals surface area contributed by atoms with Gasteiger partial charge < -0.3 is 14.5 Å². The Hall–Kier alpha value is -3.26. The zero-order valence-electron chi connectivity index (χ0n) is 22.1. The van der Waals surface area contributed by atoms with Gasteiger partial charge in [-0.1, -0.05) is 39.0 Å². The number of hydrogen-bond acceptors (Lipinski definition) is 5. The summed E-state index contributed by atoms with van der Waals surface area (Å²) < 4.78 is 20.3. The van der Waals surface area contributed by atoms with Gasteiger partial charge in [-0.2, -0.15) is 0 Å². The number of benzene rings is 2. The van der Waals surface area contributed by atoms with Crippen molar-refractivity contribution in [1.29, 1.82) is 0 Å². The maximum Gasteiger partial charge on any atom is 0.273 e. The lowest BCUT2D eigenvalue weighted by molar-refractivity contribution is -0.141. The summed E-state index contributed by atoms with van der Waals surface area (Å²) >= 11 is 1.39. The van der Waals surface area contributed by atoms with Crippen LogP contribution in [0.25, 0.3) is 0 Å². The van der Waals surface area contributed by atoms with E-state index in [9.17, 15) is 14.0 Å². The highest BCUT2D eigenvalue weighted by atomic mass is 32.1. The molecule has 1 aromatic heterocycles. The van der Waals surface area contributed by atoms with Crippen molar-refractivity contribution in [3.8, 4) is 5.75 Å². The number of carbonyl (C=O) groups excluding carboxylic acids is 2. The first kappa shape index (κ1) is 26.8. The first-order valence-corrected chi connectivity index (χ1v) is 13.6. The number of carbonyl (C=O) groups is 2. The number of rotatable bonds is 7. The van der Waals surface area contributed by atoms with Crippen molar-refractivity contribution < 1.29 is 18.7 Å². The average molecular weight is 524 g/mol. The number of ether oxygens (including phenoxy) is 1. The largest absolute Gasteiger partial charge is 0.486 e. The molecule has 0 fully saturated rings. The maximum atomic E-state index is 14.2. The van der Waals surface area contributed by atoms with Crippen LogP contribution in [0.5, 0.6) is 5.75 Å². The average Bonchev–Trinajstić information content (AvgIpc) is 3.35. The highest BCUT2D eigenvalue weighted by Crippen LogP contribution is 2.39. The summed E-state index contributed by atoms with van der Waals surface area (Å²) in [5.74, 6) is 0.241. The van der Waals surface area contributed by atoms with Crippen LogP contribution >= 0.6 is 11.3 Å². The molecule has 0 N–H and O–H groups in total. The first-order chi connectivity index (χ1) is 17.6. The van der Waals surface area contributed by atoms with Gasteiger partial charge in [-0.25, -0.2) is 9.37 Å². The van der Waals surface area contributed by atoms with Gasteiger partial charge in [-0.05, 0) is 61.2 Å². The van der Waals surface area contributed by atoms with E-state index in [1.54, 1.807) is 16.3 Å². The van der Waals surface area contributed by atoms with Gasteiger partial charge in [-0.15, -0.1) is 11.3 Å². The smallest absolute Gasteiger partial charge is 0.273 e. The van der Waals surface area contributed by atoms with Crippen LogP contribution in [-0.2, 0) is 17.8 Å². The summed E-state index contributed by atoms with van der Waals surface area (Å²) in [6.45, 7) is 11.7. The zero-order valence-corrected chi connectivity index (χ0v) is 22.9. The van der Waals surface area contributed by atoms with E-state index in [2.05, 4.69) is 4.98 Å². The zero-order chi connectivity index (χ0) is 26.7. The second-order valence-corrected chi connectivity index (χ2v) is 11.2. The SMILES string of the molecule is CCN(CC)C(=O)c1csc(COc2ccc3c(c2)C(c2cccc(F)c2)N(C(=O)C(C)(C)C)CC3)n1. The van der Waals surface area contributed by atoms with Gasteiger partial charge in [0.05, 0.1) is 6.04 Å². The molecule has 6 nitrogen and oxygen atoms in total. The van der Waals surface area contributed by atoms with Crippen LogP contribution in [-0.4, -0.2) is 46.2 Å². The van der Waals surface area contributed by atoms with Crippen LogP contribution in [0.2, 0.25) is 0 Å². The molecule has 8 heteroatoms. The van der Waals surface area contributed by atoms with E-state index in [4.69, 9.17) is 4.74 Å². The van der Waals surface area contributed by atoms with E-state index in [-0.39, 0.29) is 24.2 Å². The van der Waals surface area contributed by atoms with Crippen molar-refractivity contribution >= 4 is 23.2 Å². The minimum Gasteiger partial charge on any atom is -0.486 e. The van der Waals surface area contributed by atoms with Crippen LogP contribution in [0.3, 0.4) is 0 Å². The number of amides is 2. The van der Waals surface area contributed by atoms with Gasteiger partial charge in [0.25, 0.3) is 5.91 Å². The predicted octanol–water partition coefficient (Wildman–Crippen LogP) is 5.86. The third-order valence-corrected chi connectivity index (χ3v) is 7.42. The Morgan fingerprint density at radius 2 is 1.92 bits per heavy atom. The van der Waals surface area contributed by atoms with Crippen LogP contribution in [0.4, 0.5) is 4.39 Å². The molecule has 0 saturated carbocycles. The van der Waals surface area contributed by atoms with Crippen LogP contribution in [0.1, 0.15) is 72.8 Å². The highest BCUT2D eigenvalue weighted by Gasteiger charge is 2.37. The maximum absolute atomic E-state index is 14.2. The Balaban J connectivity index is 1.60. The number of hydrogen-bond donors (Lipinski definition) is 0. The van der Waals surface area contributed by atoms with Gasteiger partial charge in [0.2, 0.25) is 5.91 Å². The summed E-state index contributed by atoms with van der Waals surface area (Å²) in [7, 11) is 0. The molecular formula is C29H34FN3O3S. The number of halogens is 1. The Morgan fingerprint density at radius 1 is 1.16 bits per heavy atom. The quantitative estimate of drug-likeness (QED) is 0.389. The molecule has 2 heterocycles. The molecule has 0 spiro atoms. The van der Waals surface area contributed by atoms with Gasteiger partial charge in [0.1, 0.15) is 28.9 Å². The molecule has 0 bridgehead atoms. The lowest BCUT2D eigenvalue weighted by Gasteiger charge is -2.41. The molecule has 1 aliphatic rings. The Morgan fingerprint density at radius 3 is 2.59 bits per heavy atom. The van der Waals surface area contributed by atoms with Crippen LogP contribution < -0.4 is 4.74 Å². The minimum atomic E-state index is -0.567. The summed E-state index contributed by atoms with van der Waals surface area (Å²) in [5.41, 5.74) is 2.64. The lowest BCUT2D eigenvalue weighted by atomic mass is 9.85. The van der Waals surface area contributed by atoms with E-state index < -0.39 is 11.5 Å². The van der Waals surface area contributed by atoms with E-state index >= 15 is 0 Å². The molecule has 37 heavy (non-hydrogen) atoms. The summed E-state index contributed by atoms with van der Waals surface area (Å²) in [5, 5.41) is 2.47. The third kappa shape index (κ3) is 5.85. The Labute approximate surface area is 222 Å². The predicted molar refractivity (Wildman–Crippen MR) is 143 cm³/mol. The normalized spacial score (nSPS) is 15.3. The van der Waals surface area contributed by atoms with Gasteiger partial charge in [-0.3, -0.25) is 9.59 Å². The van der Waals surface area contributed by atoms with Crippen LogP contribution in [0, 0.1) is 11.2 Å². The first-order valence-electron chi connectivity index (χ1n) is 12.7. The molecule has 1 atom stereocenters. The second kappa shape index (κ2) is 11.0. The fourth-order valence-electron chi connectivity index (χ4n) is 4.66. The summed E-state index contributed by atoms with van der Waals surface area (Å²) in [6, 6.07) is 11.9. The molecule has 1 unspecified atom stereocenters. The summed E-state index contributed by atoms with van der Waals surface area (Å²) in [6.07, 6.45) is 0.715. The second-order valence-electron chi connectivity index (χ2n) is 10.2. The van der Waals surface area contributed by atoms with Gasteiger partial charge in [0.15, 0.2) is 0 Å². The van der Waals surface area contributed by atoms with Gasteiger partial charge in [0, 0.05) is 30.4 Å². The van der Waals surface area contributed by atoms with E-state index in [0.717, 1.165) is 16.7 Å². The van der Waals surface area contributed by atoms with Crippen LogP contribution in [0.15, 0.2) is 47.8 Å². The number of fused-ring (bicyclic) bond motifs is 1. The highest BCUT2D eigenvalue weighted by molar-refractivity contribution is 7.09. The lowest BCUT2D eigenvalue weighted by Crippen LogP contribution is -2.45. The van der Waals surface area contributed by atoms with Crippen molar-refractivity contribution in [3.63, 3.8) is 0 Å². The molecular weight excluding hydrogens is 489 g/mol. The van der Waals surface area contributed by atoms with Crippen molar-refractivity contribution in [2.75, 3.05) is 19.6 Å². The van der Waals surface area contributed by atoms with Crippen molar-refractivity contribution in [2.24, 2.45) is 5.41 Å². The molecule has 2 aromatic carbocycles. The molecule has 4 rings (SSSR count). The molecule has 0 saturated heterocycles. The van der Waals surface area contributed by atoms with E-state index in [1.165, 1.54) is 23.5 Å². The molecule has 0 aliphatic carbocycles. The van der Waals surface area contributed by atoms with Crippen molar-refractivity contribution in [3.05, 3.63) is 81.1 Å². The number of aromatic nitrogens is 1. The fraction of sp³-hybridized carbons (Fsp3) is 0.414. The summed E-state index contributed by atoms with van der Waals surface area (Å²) in [4.78, 5) is 34.0. The molecule has 3 aromatic rings. The van der Waals surface area contributed by atoms with E-state index in [1.807, 2.05) is 63.8 Å². The third-order valence-electron chi connectivity index (χ3n) is 6.60. The number of thiazole rings is 1. The molecule has 196 valence electrons. The monoisotopic (exact) mass is 523 g/mol. The molecule has 1 aliphatic heterocycles. The molecule has 0 radical (unpaired) electrons. The van der Waals surface area contributed by atoms with Crippen molar-refractivity contribution in [2.45, 2.75) is 53.7 Å². The van der Waals surface area contributed by atoms with Crippen molar-refractivity contribution in [1.82, 2.24) is 14.8 Å². The Kier molecular flexibility index (Phi) is 7.97. The van der Waals surface area contributed by atoms with Gasteiger partial charge >= 0.3 is 0 Å².